The van der Waals surface area contributed by atoms with Crippen molar-refractivity contribution in [3.05, 3.63) is 83.4 Å². The highest BCUT2D eigenvalue weighted by Crippen LogP contribution is 2.27. The fourth-order valence-corrected chi connectivity index (χ4v) is 6.49. The molecule has 1 fully saturated rings. The fraction of sp³-hybridized carbons (Fsp3) is 0.355. The maximum absolute atomic E-state index is 14.1. The van der Waals surface area contributed by atoms with Gasteiger partial charge in [-0.3, -0.25) is 13.9 Å². The van der Waals surface area contributed by atoms with Crippen LogP contribution in [0.2, 0.25) is 5.02 Å². The van der Waals surface area contributed by atoms with Gasteiger partial charge in [-0.25, -0.2) is 8.42 Å². The molecule has 1 atom stereocenters. The third kappa shape index (κ3) is 7.54. The summed E-state index contributed by atoms with van der Waals surface area (Å²) in [5, 5.41) is 3.48. The average Bonchev–Trinajstić information content (AvgIpc) is 3.52. The molecule has 0 saturated heterocycles. The van der Waals surface area contributed by atoms with Crippen LogP contribution in [0.15, 0.2) is 77.7 Å². The summed E-state index contributed by atoms with van der Waals surface area (Å²) in [7, 11) is -1.16. The normalized spacial score (nSPS) is 14.2. The van der Waals surface area contributed by atoms with Gasteiger partial charge in [-0.05, 0) is 86.0 Å². The van der Waals surface area contributed by atoms with Gasteiger partial charge in [0.15, 0.2) is 0 Å². The molecule has 0 unspecified atom stereocenters. The van der Waals surface area contributed by atoms with Crippen molar-refractivity contribution in [2.45, 2.75) is 56.1 Å². The summed E-state index contributed by atoms with van der Waals surface area (Å²) in [4.78, 5) is 28.8. The first-order valence-electron chi connectivity index (χ1n) is 13.8. The van der Waals surface area contributed by atoms with Crippen molar-refractivity contribution in [1.29, 1.82) is 0 Å². The molecule has 224 valence electrons. The molecule has 0 spiro atoms. The highest BCUT2D eigenvalue weighted by Gasteiger charge is 2.33. The van der Waals surface area contributed by atoms with Gasteiger partial charge < -0.3 is 19.7 Å². The van der Waals surface area contributed by atoms with Crippen molar-refractivity contribution in [1.82, 2.24) is 10.2 Å². The average molecular weight is 614 g/mol. The van der Waals surface area contributed by atoms with Gasteiger partial charge in [-0.15, -0.1) is 0 Å². The van der Waals surface area contributed by atoms with Crippen LogP contribution in [0.1, 0.15) is 38.2 Å². The number of anilines is 1. The number of rotatable bonds is 12. The Hall–Kier alpha value is -3.76. The number of sulfonamides is 1. The Bertz CT molecular complexity index is 1480. The largest absolute Gasteiger partial charge is 0.497 e. The number of halogens is 1. The number of carbonyl (C=O) groups excluding carboxylic acids is 2. The molecule has 11 heteroatoms. The van der Waals surface area contributed by atoms with Crippen molar-refractivity contribution >= 4 is 39.1 Å². The van der Waals surface area contributed by atoms with Gasteiger partial charge in [-0.1, -0.05) is 36.6 Å². The smallest absolute Gasteiger partial charge is 0.264 e. The number of carbonyl (C=O) groups is 2. The standard InChI is InChI=1S/C31H36ClN3O6S/c1-22(31(37)33-25-8-4-5-9-25)34(20-23-7-6-10-28(19-23)41-3)30(36)21-35(26-13-11-24(32)12-14-26)42(38,39)29-17-15-27(40-2)16-18-29/h6-7,10-19,22,25H,4-5,8-9,20-21H2,1-3H3,(H,33,37)/t22-/m1/s1. The van der Waals surface area contributed by atoms with Crippen molar-refractivity contribution in [3.63, 3.8) is 0 Å². The fourth-order valence-electron chi connectivity index (χ4n) is 4.95. The molecule has 1 N–H and O–H groups in total. The molecular formula is C31H36ClN3O6S. The Morgan fingerprint density at radius 1 is 0.952 bits per heavy atom. The summed E-state index contributed by atoms with van der Waals surface area (Å²) in [5.74, 6) is 0.274. The monoisotopic (exact) mass is 613 g/mol. The Balaban J connectivity index is 1.69. The number of hydrogen-bond acceptors (Lipinski definition) is 6. The van der Waals surface area contributed by atoms with Crippen LogP contribution in [0, 0.1) is 0 Å². The molecule has 3 aromatic rings. The first kappa shape index (κ1) is 31.2. The number of hydrogen-bond donors (Lipinski definition) is 1. The highest BCUT2D eigenvalue weighted by molar-refractivity contribution is 7.92. The molecule has 0 aromatic heterocycles. The number of ether oxygens (including phenoxy) is 2. The zero-order valence-corrected chi connectivity index (χ0v) is 25.5. The second-order valence-corrected chi connectivity index (χ2v) is 12.5. The third-order valence-corrected chi connectivity index (χ3v) is 9.44. The molecule has 0 radical (unpaired) electrons. The van der Waals surface area contributed by atoms with Crippen molar-refractivity contribution in [2.24, 2.45) is 0 Å². The predicted octanol–water partition coefficient (Wildman–Crippen LogP) is 5.03. The van der Waals surface area contributed by atoms with Crippen LogP contribution >= 0.6 is 11.6 Å². The molecule has 4 rings (SSSR count). The Labute approximate surface area is 252 Å². The first-order valence-corrected chi connectivity index (χ1v) is 15.6. The van der Waals surface area contributed by atoms with E-state index in [2.05, 4.69) is 5.32 Å². The van der Waals surface area contributed by atoms with Crippen molar-refractivity contribution in [2.75, 3.05) is 25.1 Å². The van der Waals surface area contributed by atoms with Crippen LogP contribution in [0.5, 0.6) is 11.5 Å². The minimum Gasteiger partial charge on any atom is -0.497 e. The number of benzene rings is 3. The molecule has 2 amide bonds. The summed E-state index contributed by atoms with van der Waals surface area (Å²) in [6.45, 7) is 1.19. The van der Waals surface area contributed by atoms with Crippen molar-refractivity contribution in [3.8, 4) is 11.5 Å². The van der Waals surface area contributed by atoms with E-state index in [0.717, 1.165) is 35.6 Å². The lowest BCUT2D eigenvalue weighted by atomic mass is 10.1. The first-order chi connectivity index (χ1) is 20.1. The van der Waals surface area contributed by atoms with E-state index in [1.54, 1.807) is 68.6 Å². The lowest BCUT2D eigenvalue weighted by molar-refractivity contribution is -0.139. The Morgan fingerprint density at radius 2 is 1.60 bits per heavy atom. The van der Waals surface area contributed by atoms with E-state index in [9.17, 15) is 18.0 Å². The van der Waals surface area contributed by atoms with Gasteiger partial charge in [0, 0.05) is 17.6 Å². The van der Waals surface area contributed by atoms with Crippen LogP contribution in [0.4, 0.5) is 5.69 Å². The summed E-state index contributed by atoms with van der Waals surface area (Å²) < 4.78 is 39.4. The zero-order valence-electron chi connectivity index (χ0n) is 24.0. The van der Waals surface area contributed by atoms with Crippen LogP contribution < -0.4 is 19.1 Å². The molecule has 0 aliphatic heterocycles. The SMILES string of the molecule is COc1ccc(S(=O)(=O)N(CC(=O)N(Cc2cccc(OC)c2)[C@H](C)C(=O)NC2CCCC2)c2ccc(Cl)cc2)cc1. The van der Waals surface area contributed by atoms with E-state index in [1.807, 2.05) is 6.07 Å². The number of nitrogens with zero attached hydrogens (tertiary/aromatic N) is 2. The van der Waals surface area contributed by atoms with Gasteiger partial charge in [0.2, 0.25) is 11.8 Å². The Kier molecular flexibility index (Phi) is 10.3. The molecule has 1 aliphatic carbocycles. The van der Waals surface area contributed by atoms with Crippen LogP contribution in [-0.2, 0) is 26.2 Å². The topological polar surface area (TPSA) is 105 Å². The highest BCUT2D eigenvalue weighted by atomic mass is 35.5. The second kappa shape index (κ2) is 13.9. The van der Waals surface area contributed by atoms with E-state index in [0.29, 0.717) is 16.5 Å². The summed E-state index contributed by atoms with van der Waals surface area (Å²) in [6.07, 6.45) is 3.88. The molecule has 42 heavy (non-hydrogen) atoms. The summed E-state index contributed by atoms with van der Waals surface area (Å²) >= 11 is 6.09. The Morgan fingerprint density at radius 3 is 2.21 bits per heavy atom. The van der Waals surface area contributed by atoms with Crippen LogP contribution in [0.3, 0.4) is 0 Å². The van der Waals surface area contributed by atoms with Gasteiger partial charge in [0.25, 0.3) is 10.0 Å². The quantitative estimate of drug-likeness (QED) is 0.307. The lowest BCUT2D eigenvalue weighted by Crippen LogP contribution is -2.52. The molecule has 1 saturated carbocycles. The van der Waals surface area contributed by atoms with Gasteiger partial charge in [-0.2, -0.15) is 0 Å². The van der Waals surface area contributed by atoms with E-state index in [-0.39, 0.29) is 29.1 Å². The van der Waals surface area contributed by atoms with Gasteiger partial charge in [0.1, 0.15) is 24.1 Å². The minimum atomic E-state index is -4.20. The lowest BCUT2D eigenvalue weighted by Gasteiger charge is -2.32. The zero-order chi connectivity index (χ0) is 30.3. The van der Waals surface area contributed by atoms with Gasteiger partial charge >= 0.3 is 0 Å². The predicted molar refractivity (Wildman–Crippen MR) is 162 cm³/mol. The number of nitrogens with one attached hydrogen (secondary N) is 1. The van der Waals surface area contributed by atoms with Crippen LogP contribution in [-0.4, -0.2) is 58.0 Å². The van der Waals surface area contributed by atoms with Crippen molar-refractivity contribution < 1.29 is 27.5 Å². The molecule has 1 aliphatic rings. The molecule has 0 heterocycles. The van der Waals surface area contributed by atoms with E-state index in [1.165, 1.54) is 24.1 Å². The molecule has 9 nitrogen and oxygen atoms in total. The number of amides is 2. The van der Waals surface area contributed by atoms with Crippen LogP contribution in [0.25, 0.3) is 0 Å². The molecule has 0 bridgehead atoms. The van der Waals surface area contributed by atoms with E-state index in [4.69, 9.17) is 21.1 Å². The summed E-state index contributed by atoms with van der Waals surface area (Å²) in [6, 6.07) is 18.5. The molecular weight excluding hydrogens is 578 g/mol. The molecule has 3 aromatic carbocycles. The van der Waals surface area contributed by atoms with E-state index < -0.39 is 28.5 Å². The maximum atomic E-state index is 14.1. The summed E-state index contributed by atoms with van der Waals surface area (Å²) in [5.41, 5.74) is 0.993. The third-order valence-electron chi connectivity index (χ3n) is 7.40. The second-order valence-electron chi connectivity index (χ2n) is 10.2. The minimum absolute atomic E-state index is 0.0163. The number of methoxy groups -OCH3 is 2. The van der Waals surface area contributed by atoms with Gasteiger partial charge in [0.05, 0.1) is 24.8 Å². The maximum Gasteiger partial charge on any atom is 0.264 e. The van der Waals surface area contributed by atoms with E-state index >= 15 is 0 Å².